The molecule has 0 spiro atoms. The molecule has 4 rings (SSSR count). The van der Waals surface area contributed by atoms with E-state index in [4.69, 9.17) is 9.47 Å². The standard InChI is InChI=1S/C29H26F3NO5/c1-16(2)38-23-13-10-19(14-17(23)3)26(34)24-25(18-8-11-22(37-4)12-9-18)33(28(36)27(24)35)21-7-5-6-20(15-21)29(30,31)32/h5-16,25,34H,1-4H3/b26-24+. The summed E-state index contributed by atoms with van der Waals surface area (Å²) >= 11 is 0. The average Bonchev–Trinajstić information content (AvgIpc) is 3.14. The van der Waals surface area contributed by atoms with E-state index in [1.54, 1.807) is 49.4 Å². The van der Waals surface area contributed by atoms with E-state index in [0.717, 1.165) is 17.0 Å². The number of benzene rings is 3. The predicted octanol–water partition coefficient (Wildman–Crippen LogP) is 6.44. The second kappa shape index (κ2) is 10.2. The molecule has 0 radical (unpaired) electrons. The van der Waals surface area contributed by atoms with Crippen molar-refractivity contribution in [2.24, 2.45) is 0 Å². The van der Waals surface area contributed by atoms with E-state index in [9.17, 15) is 27.9 Å². The Labute approximate surface area is 217 Å². The Bertz CT molecular complexity index is 1410. The van der Waals surface area contributed by atoms with Gasteiger partial charge in [0.15, 0.2) is 0 Å². The highest BCUT2D eigenvalue weighted by Gasteiger charge is 2.47. The van der Waals surface area contributed by atoms with Crippen molar-refractivity contribution in [1.82, 2.24) is 0 Å². The third-order valence-corrected chi connectivity index (χ3v) is 6.14. The number of nitrogens with zero attached hydrogens (tertiary/aromatic N) is 1. The van der Waals surface area contributed by atoms with E-state index in [2.05, 4.69) is 0 Å². The number of anilines is 1. The summed E-state index contributed by atoms with van der Waals surface area (Å²) in [7, 11) is 1.47. The summed E-state index contributed by atoms with van der Waals surface area (Å²) in [4.78, 5) is 27.6. The third-order valence-electron chi connectivity index (χ3n) is 6.14. The van der Waals surface area contributed by atoms with Crippen LogP contribution in [0.4, 0.5) is 18.9 Å². The lowest BCUT2D eigenvalue weighted by Crippen LogP contribution is -2.29. The van der Waals surface area contributed by atoms with Gasteiger partial charge in [0.05, 0.1) is 30.4 Å². The maximum atomic E-state index is 13.5. The van der Waals surface area contributed by atoms with Gasteiger partial charge in [0.2, 0.25) is 0 Å². The first kappa shape index (κ1) is 26.8. The van der Waals surface area contributed by atoms with Crippen molar-refractivity contribution in [2.45, 2.75) is 39.1 Å². The van der Waals surface area contributed by atoms with Gasteiger partial charge < -0.3 is 14.6 Å². The SMILES string of the molecule is COc1ccc(C2/C(=C(\O)c3ccc(OC(C)C)c(C)c3)C(=O)C(=O)N2c2cccc(C(F)(F)F)c2)cc1. The minimum absolute atomic E-state index is 0.0824. The monoisotopic (exact) mass is 525 g/mol. The molecule has 198 valence electrons. The van der Waals surface area contributed by atoms with E-state index in [-0.39, 0.29) is 22.9 Å². The topological polar surface area (TPSA) is 76.1 Å². The Morgan fingerprint density at radius 1 is 1.00 bits per heavy atom. The second-order valence-electron chi connectivity index (χ2n) is 9.14. The molecule has 1 atom stereocenters. The van der Waals surface area contributed by atoms with E-state index in [1.165, 1.54) is 19.2 Å². The lowest BCUT2D eigenvalue weighted by atomic mass is 9.94. The summed E-state index contributed by atoms with van der Waals surface area (Å²) in [6.07, 6.45) is -4.74. The molecule has 0 bridgehead atoms. The summed E-state index contributed by atoms with van der Waals surface area (Å²) in [5, 5.41) is 11.3. The van der Waals surface area contributed by atoms with Crippen LogP contribution in [0.25, 0.3) is 5.76 Å². The minimum Gasteiger partial charge on any atom is -0.507 e. The van der Waals surface area contributed by atoms with Crippen LogP contribution in [0.2, 0.25) is 0 Å². The van der Waals surface area contributed by atoms with Crippen molar-refractivity contribution in [3.05, 3.63) is 94.6 Å². The fourth-order valence-corrected chi connectivity index (χ4v) is 4.37. The van der Waals surface area contributed by atoms with Crippen LogP contribution in [-0.4, -0.2) is 30.0 Å². The van der Waals surface area contributed by atoms with Crippen molar-refractivity contribution in [2.75, 3.05) is 12.0 Å². The van der Waals surface area contributed by atoms with Gasteiger partial charge in [-0.25, -0.2) is 0 Å². The molecule has 9 heteroatoms. The summed E-state index contributed by atoms with van der Waals surface area (Å²) in [5.74, 6) is -1.42. The number of alkyl halides is 3. The smallest absolute Gasteiger partial charge is 0.416 e. The zero-order valence-corrected chi connectivity index (χ0v) is 21.2. The first-order valence-electron chi connectivity index (χ1n) is 11.8. The van der Waals surface area contributed by atoms with Gasteiger partial charge in [-0.3, -0.25) is 14.5 Å². The number of ketones is 1. The number of ether oxygens (including phenoxy) is 2. The van der Waals surface area contributed by atoms with Gasteiger partial charge in [-0.15, -0.1) is 0 Å². The van der Waals surface area contributed by atoms with Gasteiger partial charge in [0.25, 0.3) is 11.7 Å². The molecule has 0 saturated carbocycles. The molecule has 38 heavy (non-hydrogen) atoms. The number of carbonyl (C=O) groups excluding carboxylic acids is 2. The highest BCUT2D eigenvalue weighted by atomic mass is 19.4. The lowest BCUT2D eigenvalue weighted by molar-refractivity contribution is -0.137. The molecule has 1 fully saturated rings. The third kappa shape index (κ3) is 5.09. The lowest BCUT2D eigenvalue weighted by Gasteiger charge is -2.26. The van der Waals surface area contributed by atoms with E-state index in [0.29, 0.717) is 22.6 Å². The highest BCUT2D eigenvalue weighted by Crippen LogP contribution is 2.44. The molecule has 0 aliphatic carbocycles. The number of aliphatic hydroxyl groups is 1. The number of Topliss-reactive ketones (excluding diaryl/α,β-unsaturated/α-hetero) is 1. The Morgan fingerprint density at radius 3 is 2.26 bits per heavy atom. The fraction of sp³-hybridized carbons (Fsp3) is 0.241. The molecule has 1 aliphatic heterocycles. The zero-order valence-electron chi connectivity index (χ0n) is 21.2. The highest BCUT2D eigenvalue weighted by molar-refractivity contribution is 6.51. The van der Waals surface area contributed by atoms with Crippen LogP contribution in [0.1, 0.15) is 42.1 Å². The Kier molecular flexibility index (Phi) is 7.22. The van der Waals surface area contributed by atoms with Crippen LogP contribution in [0, 0.1) is 6.92 Å². The van der Waals surface area contributed by atoms with Gasteiger partial charge in [-0.1, -0.05) is 18.2 Å². The number of carbonyl (C=O) groups is 2. The summed E-state index contributed by atoms with van der Waals surface area (Å²) in [6, 6.07) is 14.2. The Balaban J connectivity index is 1.90. The molecule has 0 aromatic heterocycles. The van der Waals surface area contributed by atoms with Crippen molar-refractivity contribution in [1.29, 1.82) is 0 Å². The summed E-state index contributed by atoms with van der Waals surface area (Å²) in [6.45, 7) is 5.52. The number of aryl methyl sites for hydroxylation is 1. The van der Waals surface area contributed by atoms with Crippen LogP contribution in [0.3, 0.4) is 0 Å². The molecular weight excluding hydrogens is 499 g/mol. The van der Waals surface area contributed by atoms with Crippen molar-refractivity contribution >= 4 is 23.1 Å². The first-order chi connectivity index (χ1) is 17.9. The quantitative estimate of drug-likeness (QED) is 0.228. The fourth-order valence-electron chi connectivity index (χ4n) is 4.37. The van der Waals surface area contributed by atoms with Gasteiger partial charge in [-0.2, -0.15) is 13.2 Å². The molecule has 1 N–H and O–H groups in total. The number of hydrogen-bond donors (Lipinski definition) is 1. The minimum atomic E-state index is -4.66. The predicted molar refractivity (Wildman–Crippen MR) is 136 cm³/mol. The van der Waals surface area contributed by atoms with Crippen LogP contribution in [-0.2, 0) is 15.8 Å². The van der Waals surface area contributed by atoms with Gasteiger partial charge >= 0.3 is 6.18 Å². The molecule has 1 amide bonds. The van der Waals surface area contributed by atoms with E-state index >= 15 is 0 Å². The Hall–Kier alpha value is -4.27. The van der Waals surface area contributed by atoms with Gasteiger partial charge in [0.1, 0.15) is 17.3 Å². The van der Waals surface area contributed by atoms with Crippen molar-refractivity contribution in [3.63, 3.8) is 0 Å². The molecule has 1 saturated heterocycles. The van der Waals surface area contributed by atoms with Crippen LogP contribution in [0.5, 0.6) is 11.5 Å². The molecule has 6 nitrogen and oxygen atoms in total. The molecule has 3 aromatic rings. The van der Waals surface area contributed by atoms with Crippen molar-refractivity contribution in [3.8, 4) is 11.5 Å². The summed E-state index contributed by atoms with van der Waals surface area (Å²) in [5.41, 5.74) is 0.0189. The molecule has 1 heterocycles. The summed E-state index contributed by atoms with van der Waals surface area (Å²) < 4.78 is 51.3. The molecule has 1 aliphatic rings. The molecule has 3 aromatic carbocycles. The maximum Gasteiger partial charge on any atom is 0.416 e. The number of methoxy groups -OCH3 is 1. The number of rotatable bonds is 6. The number of amides is 1. The first-order valence-corrected chi connectivity index (χ1v) is 11.8. The molecular formula is C29H26F3NO5. The number of hydrogen-bond acceptors (Lipinski definition) is 5. The number of aliphatic hydroxyl groups excluding tert-OH is 1. The van der Waals surface area contributed by atoms with Gasteiger partial charge in [-0.05, 0) is 80.4 Å². The van der Waals surface area contributed by atoms with E-state index < -0.39 is 35.2 Å². The second-order valence-corrected chi connectivity index (χ2v) is 9.14. The van der Waals surface area contributed by atoms with E-state index in [1.807, 2.05) is 13.8 Å². The largest absolute Gasteiger partial charge is 0.507 e. The van der Waals surface area contributed by atoms with Crippen LogP contribution < -0.4 is 14.4 Å². The normalized spacial score (nSPS) is 17.3. The van der Waals surface area contributed by atoms with Crippen molar-refractivity contribution < 1.29 is 37.3 Å². The molecule has 1 unspecified atom stereocenters. The van der Waals surface area contributed by atoms with Crippen LogP contribution in [0.15, 0.2) is 72.3 Å². The average molecular weight is 526 g/mol. The zero-order chi connectivity index (χ0) is 27.8. The Morgan fingerprint density at radius 2 is 1.68 bits per heavy atom. The van der Waals surface area contributed by atoms with Gasteiger partial charge in [0, 0.05) is 11.3 Å². The number of halogens is 3. The maximum absolute atomic E-state index is 13.5. The van der Waals surface area contributed by atoms with Crippen LogP contribution >= 0.6 is 0 Å².